The summed E-state index contributed by atoms with van der Waals surface area (Å²) >= 11 is 0. The van der Waals surface area contributed by atoms with E-state index in [0.29, 0.717) is 5.41 Å². The van der Waals surface area contributed by atoms with Gasteiger partial charge in [0, 0.05) is 13.1 Å². The van der Waals surface area contributed by atoms with Crippen LogP contribution in [-0.2, 0) is 0 Å². The molecule has 1 aliphatic carbocycles. The Morgan fingerprint density at radius 3 is 2.53 bits per heavy atom. The Morgan fingerprint density at radius 2 is 2.00 bits per heavy atom. The molecule has 0 radical (unpaired) electrons. The molecule has 1 spiro atoms. The van der Waals surface area contributed by atoms with Crippen molar-refractivity contribution in [2.45, 2.75) is 32.6 Å². The van der Waals surface area contributed by atoms with Crippen LogP contribution in [0.25, 0.3) is 0 Å². The molecule has 2 unspecified atom stereocenters. The van der Waals surface area contributed by atoms with Crippen LogP contribution in [0.1, 0.15) is 32.6 Å². The highest BCUT2D eigenvalue weighted by molar-refractivity contribution is 4.94. The van der Waals surface area contributed by atoms with E-state index >= 15 is 0 Å². The molecule has 1 saturated carbocycles. The average Bonchev–Trinajstić information content (AvgIpc) is 2.77. The molecule has 15 heavy (non-hydrogen) atoms. The van der Waals surface area contributed by atoms with Crippen LogP contribution in [0.3, 0.4) is 0 Å². The van der Waals surface area contributed by atoms with Crippen LogP contribution >= 0.6 is 0 Å². The fourth-order valence-electron chi connectivity index (χ4n) is 3.42. The van der Waals surface area contributed by atoms with Gasteiger partial charge in [-0.3, -0.25) is 0 Å². The summed E-state index contributed by atoms with van der Waals surface area (Å²) in [6.07, 6.45) is 5.81. The van der Waals surface area contributed by atoms with E-state index in [1.165, 1.54) is 58.4 Å². The molecule has 0 aromatic rings. The quantitative estimate of drug-likeness (QED) is 0.743. The predicted molar refractivity (Wildman–Crippen MR) is 62.9 cm³/mol. The zero-order valence-electron chi connectivity index (χ0n) is 9.97. The monoisotopic (exact) mass is 208 g/mol. The van der Waals surface area contributed by atoms with E-state index in [0.717, 1.165) is 11.8 Å². The lowest BCUT2D eigenvalue weighted by Gasteiger charge is -2.39. The number of rotatable bonds is 2. The van der Waals surface area contributed by atoms with E-state index in [1.54, 1.807) is 0 Å². The second-order valence-corrected chi connectivity index (χ2v) is 6.20. The Labute approximate surface area is 93.4 Å². The smallest absolute Gasteiger partial charge is 0.00123 e. The molecule has 1 N–H and O–H groups in total. The molecule has 2 aliphatic heterocycles. The first-order chi connectivity index (χ1) is 7.27. The van der Waals surface area contributed by atoms with E-state index in [1.807, 2.05) is 0 Å². The largest absolute Gasteiger partial charge is 0.316 e. The zero-order chi connectivity index (χ0) is 10.3. The molecular formula is C13H24N2. The molecule has 3 fully saturated rings. The molecule has 86 valence electrons. The van der Waals surface area contributed by atoms with Crippen molar-refractivity contribution in [3.8, 4) is 0 Å². The Hall–Kier alpha value is -0.0800. The Balaban J connectivity index is 1.47. The Morgan fingerprint density at radius 1 is 1.27 bits per heavy atom. The van der Waals surface area contributed by atoms with Gasteiger partial charge < -0.3 is 10.2 Å². The summed E-state index contributed by atoms with van der Waals surface area (Å²) in [6, 6.07) is 0. The van der Waals surface area contributed by atoms with Crippen LogP contribution < -0.4 is 5.32 Å². The van der Waals surface area contributed by atoms with Crippen LogP contribution in [0.4, 0.5) is 0 Å². The van der Waals surface area contributed by atoms with Crippen molar-refractivity contribution >= 4 is 0 Å². The molecule has 0 aromatic heterocycles. The van der Waals surface area contributed by atoms with Gasteiger partial charge in [0.1, 0.15) is 0 Å². The highest BCUT2D eigenvalue weighted by Crippen LogP contribution is 2.41. The molecule has 2 atom stereocenters. The third-order valence-electron chi connectivity index (χ3n) is 5.02. The highest BCUT2D eigenvalue weighted by atomic mass is 15.1. The topological polar surface area (TPSA) is 15.3 Å². The van der Waals surface area contributed by atoms with Crippen molar-refractivity contribution in [2.24, 2.45) is 17.3 Å². The molecule has 2 saturated heterocycles. The van der Waals surface area contributed by atoms with Crippen molar-refractivity contribution in [3.63, 3.8) is 0 Å². The van der Waals surface area contributed by atoms with Crippen LogP contribution in [-0.4, -0.2) is 37.6 Å². The minimum absolute atomic E-state index is 0.700. The number of likely N-dealkylation sites (tertiary alicyclic amines) is 1. The van der Waals surface area contributed by atoms with Crippen molar-refractivity contribution in [2.75, 3.05) is 32.7 Å². The van der Waals surface area contributed by atoms with Crippen LogP contribution in [0.2, 0.25) is 0 Å². The fraction of sp³-hybridized carbons (Fsp3) is 1.00. The average molecular weight is 208 g/mol. The first-order valence-corrected chi connectivity index (χ1v) is 6.71. The van der Waals surface area contributed by atoms with Gasteiger partial charge >= 0.3 is 0 Å². The van der Waals surface area contributed by atoms with Crippen LogP contribution in [0.15, 0.2) is 0 Å². The minimum atomic E-state index is 0.700. The third-order valence-corrected chi connectivity index (χ3v) is 5.02. The van der Waals surface area contributed by atoms with Gasteiger partial charge in [-0.25, -0.2) is 0 Å². The van der Waals surface area contributed by atoms with E-state index in [2.05, 4.69) is 17.1 Å². The van der Waals surface area contributed by atoms with Gasteiger partial charge in [-0.1, -0.05) is 6.92 Å². The summed E-state index contributed by atoms with van der Waals surface area (Å²) in [5, 5.41) is 3.54. The maximum absolute atomic E-state index is 3.54. The Kier molecular flexibility index (Phi) is 2.52. The normalized spacial score (nSPS) is 39.8. The molecular weight excluding hydrogens is 184 g/mol. The number of nitrogens with zero attached hydrogens (tertiary/aromatic N) is 1. The van der Waals surface area contributed by atoms with Crippen molar-refractivity contribution in [1.29, 1.82) is 0 Å². The van der Waals surface area contributed by atoms with Crippen LogP contribution in [0.5, 0.6) is 0 Å². The lowest BCUT2D eigenvalue weighted by atomic mass is 9.78. The summed E-state index contributed by atoms with van der Waals surface area (Å²) in [4.78, 5) is 2.72. The van der Waals surface area contributed by atoms with Gasteiger partial charge in [-0.15, -0.1) is 0 Å². The summed E-state index contributed by atoms with van der Waals surface area (Å²) in [6.45, 7) is 9.08. The summed E-state index contributed by atoms with van der Waals surface area (Å²) < 4.78 is 0. The number of hydrogen-bond acceptors (Lipinski definition) is 2. The first kappa shape index (κ1) is 10.1. The maximum Gasteiger partial charge on any atom is 0.00123 e. The zero-order valence-corrected chi connectivity index (χ0v) is 9.97. The number of nitrogens with one attached hydrogen (secondary N) is 1. The molecule has 2 heteroatoms. The van der Waals surface area contributed by atoms with Crippen molar-refractivity contribution < 1.29 is 0 Å². The predicted octanol–water partition coefficient (Wildman–Crippen LogP) is 1.72. The maximum atomic E-state index is 3.54. The van der Waals surface area contributed by atoms with Crippen molar-refractivity contribution in [1.82, 2.24) is 10.2 Å². The molecule has 0 aromatic carbocycles. The van der Waals surface area contributed by atoms with Gasteiger partial charge in [0.05, 0.1) is 0 Å². The SMILES string of the molecule is CC1CC1CN1CCC2(CCNC2)CC1. The van der Waals surface area contributed by atoms with E-state index in [-0.39, 0.29) is 0 Å². The highest BCUT2D eigenvalue weighted by Gasteiger charge is 2.39. The number of hydrogen-bond donors (Lipinski definition) is 1. The Bertz CT molecular complexity index is 223. The molecule has 3 aliphatic rings. The molecule has 0 bridgehead atoms. The molecule has 3 rings (SSSR count). The standard InChI is InChI=1S/C13H24N2/c1-11-8-12(11)9-15-6-3-13(4-7-15)2-5-14-10-13/h11-12,14H,2-10H2,1H3. The lowest BCUT2D eigenvalue weighted by molar-refractivity contribution is 0.114. The van der Waals surface area contributed by atoms with Crippen LogP contribution in [0, 0.1) is 17.3 Å². The van der Waals surface area contributed by atoms with E-state index in [9.17, 15) is 0 Å². The van der Waals surface area contributed by atoms with Gasteiger partial charge in [0.25, 0.3) is 0 Å². The summed E-state index contributed by atoms with van der Waals surface area (Å²) in [5.74, 6) is 2.06. The van der Waals surface area contributed by atoms with Gasteiger partial charge in [-0.2, -0.15) is 0 Å². The van der Waals surface area contributed by atoms with Crippen molar-refractivity contribution in [3.05, 3.63) is 0 Å². The fourth-order valence-corrected chi connectivity index (χ4v) is 3.42. The number of piperidine rings is 1. The molecule has 2 nitrogen and oxygen atoms in total. The second kappa shape index (κ2) is 3.74. The summed E-state index contributed by atoms with van der Waals surface area (Å²) in [5.41, 5.74) is 0.700. The minimum Gasteiger partial charge on any atom is -0.316 e. The molecule has 0 amide bonds. The first-order valence-electron chi connectivity index (χ1n) is 6.71. The van der Waals surface area contributed by atoms with Gasteiger partial charge in [0.2, 0.25) is 0 Å². The van der Waals surface area contributed by atoms with E-state index < -0.39 is 0 Å². The van der Waals surface area contributed by atoms with E-state index in [4.69, 9.17) is 0 Å². The molecule has 2 heterocycles. The lowest BCUT2D eigenvalue weighted by Crippen LogP contribution is -2.42. The van der Waals surface area contributed by atoms with Gasteiger partial charge in [-0.05, 0) is 62.6 Å². The second-order valence-electron chi connectivity index (χ2n) is 6.20. The summed E-state index contributed by atoms with van der Waals surface area (Å²) in [7, 11) is 0. The third kappa shape index (κ3) is 2.07. The van der Waals surface area contributed by atoms with Gasteiger partial charge in [0.15, 0.2) is 0 Å².